The van der Waals surface area contributed by atoms with Crippen LogP contribution < -0.4 is 11.1 Å². The zero-order valence-corrected chi connectivity index (χ0v) is 26.1. The number of nitrogens with one attached hydrogen (secondary N) is 2. The van der Waals surface area contributed by atoms with Crippen molar-refractivity contribution in [2.24, 2.45) is 5.92 Å². The van der Waals surface area contributed by atoms with Crippen LogP contribution in [-0.4, -0.2) is 42.4 Å². The molecule has 1 saturated heterocycles. The van der Waals surface area contributed by atoms with Gasteiger partial charge in [-0.1, -0.05) is 89.0 Å². The van der Waals surface area contributed by atoms with E-state index in [4.69, 9.17) is 5.73 Å². The fourth-order valence-electron chi connectivity index (χ4n) is 5.74. The lowest BCUT2D eigenvalue weighted by atomic mass is 9.86. The van der Waals surface area contributed by atoms with Crippen LogP contribution in [0.3, 0.4) is 0 Å². The second-order valence-electron chi connectivity index (χ2n) is 12.1. The number of amides is 2. The number of rotatable bonds is 17. The van der Waals surface area contributed by atoms with Crippen LogP contribution in [-0.2, 0) is 17.4 Å². The first-order chi connectivity index (χ1) is 21.2. The van der Waals surface area contributed by atoms with E-state index >= 15 is 0 Å². The second kappa shape index (κ2) is 18.6. The van der Waals surface area contributed by atoms with Gasteiger partial charge in [0.2, 0.25) is 5.91 Å². The molecule has 2 aromatic carbocycles. The first-order valence-corrected chi connectivity index (χ1v) is 16.4. The normalized spacial score (nSPS) is 15.1. The highest BCUT2D eigenvalue weighted by molar-refractivity contribution is 5.94. The summed E-state index contributed by atoms with van der Waals surface area (Å²) in [6.45, 7) is 3.96. The molecule has 1 aliphatic rings. The van der Waals surface area contributed by atoms with E-state index in [2.05, 4.69) is 12.2 Å². The summed E-state index contributed by atoms with van der Waals surface area (Å²) in [5, 5.41) is 3.02. The molecule has 0 spiro atoms. The summed E-state index contributed by atoms with van der Waals surface area (Å²) in [6, 6.07) is 12.1. The molecule has 0 aliphatic carbocycles. The van der Waals surface area contributed by atoms with Crippen LogP contribution >= 0.6 is 0 Å². The number of nitrogens with zero attached hydrogens (tertiary/aromatic N) is 1. The Kier molecular flexibility index (Phi) is 15.0. The average Bonchev–Trinajstić information content (AvgIpc) is 3.02. The summed E-state index contributed by atoms with van der Waals surface area (Å²) in [5.74, 6) is -0.144. The molecule has 0 saturated carbocycles. The molecule has 44 heavy (non-hydrogen) atoms. The molecule has 1 unspecified atom stereocenters. The van der Waals surface area contributed by atoms with Crippen LogP contribution in [0.2, 0.25) is 0 Å². The van der Waals surface area contributed by atoms with Gasteiger partial charge in [-0.2, -0.15) is 13.2 Å². The number of carbonyl (C=O) groups excluding carboxylic acids is 2. The smallest absolute Gasteiger partial charge is 0.352 e. The fourth-order valence-corrected chi connectivity index (χ4v) is 5.74. The summed E-state index contributed by atoms with van der Waals surface area (Å²) in [5.41, 5.74) is 9.93. The predicted molar refractivity (Wildman–Crippen MR) is 171 cm³/mol. The van der Waals surface area contributed by atoms with Crippen molar-refractivity contribution in [3.8, 4) is 0 Å². The van der Waals surface area contributed by atoms with Crippen LogP contribution in [0.15, 0.2) is 54.6 Å². The van der Waals surface area contributed by atoms with Crippen LogP contribution in [0.4, 0.5) is 13.2 Å². The maximum absolute atomic E-state index is 12.9. The van der Waals surface area contributed by atoms with Crippen LogP contribution in [0.5, 0.6) is 0 Å². The molecule has 1 radical (unpaired) electrons. The summed E-state index contributed by atoms with van der Waals surface area (Å²) in [4.78, 5) is 26.8. The van der Waals surface area contributed by atoms with Crippen molar-refractivity contribution < 1.29 is 22.8 Å². The van der Waals surface area contributed by atoms with E-state index in [0.29, 0.717) is 50.0 Å². The van der Waals surface area contributed by atoms with Gasteiger partial charge >= 0.3 is 6.18 Å². The lowest BCUT2D eigenvalue weighted by Gasteiger charge is -2.34. The Bertz CT molecular complexity index is 1170. The molecule has 1 heterocycles. The summed E-state index contributed by atoms with van der Waals surface area (Å²) >= 11 is 0. The Morgan fingerprint density at radius 1 is 0.932 bits per heavy atom. The van der Waals surface area contributed by atoms with Gasteiger partial charge in [0.1, 0.15) is 0 Å². The van der Waals surface area contributed by atoms with Gasteiger partial charge in [0.05, 0.1) is 5.56 Å². The molecule has 3 rings (SSSR count). The Morgan fingerprint density at radius 2 is 1.55 bits per heavy atom. The number of alkyl halides is 3. The number of halogens is 3. The van der Waals surface area contributed by atoms with Crippen molar-refractivity contribution in [2.75, 3.05) is 19.6 Å². The quantitative estimate of drug-likeness (QED) is 0.144. The number of hydrogen-bond donors (Lipinski definition) is 1. The monoisotopic (exact) mass is 612 g/mol. The molecule has 2 N–H and O–H groups in total. The molecule has 1 fully saturated rings. The Labute approximate surface area is 261 Å². The topological polar surface area (TPSA) is 73.2 Å². The molecular formula is C36H49F3N3O2. The third kappa shape index (κ3) is 12.5. The maximum atomic E-state index is 12.9. The minimum atomic E-state index is -4.43. The van der Waals surface area contributed by atoms with E-state index in [1.54, 1.807) is 4.90 Å². The van der Waals surface area contributed by atoms with Gasteiger partial charge in [-0.3, -0.25) is 15.3 Å². The molecule has 241 valence electrons. The number of carbonyl (C=O) groups is 2. The minimum absolute atomic E-state index is 0.0611. The van der Waals surface area contributed by atoms with Crippen LogP contribution in [0, 0.1) is 5.92 Å². The lowest BCUT2D eigenvalue weighted by Crippen LogP contribution is -2.41. The van der Waals surface area contributed by atoms with Gasteiger partial charge in [-0.05, 0) is 73.1 Å². The van der Waals surface area contributed by atoms with Crippen molar-refractivity contribution in [1.29, 1.82) is 0 Å². The van der Waals surface area contributed by atoms with Crippen LogP contribution in [0.1, 0.15) is 111 Å². The van der Waals surface area contributed by atoms with E-state index in [9.17, 15) is 22.8 Å². The van der Waals surface area contributed by atoms with E-state index in [0.717, 1.165) is 30.5 Å². The number of likely N-dealkylation sites (tertiary alicyclic amines) is 1. The Morgan fingerprint density at radius 3 is 2.16 bits per heavy atom. The van der Waals surface area contributed by atoms with Gasteiger partial charge < -0.3 is 10.2 Å². The minimum Gasteiger partial charge on any atom is -0.352 e. The third-order valence-electron chi connectivity index (χ3n) is 8.54. The fraction of sp³-hybridized carbons (Fsp3) is 0.556. The number of benzene rings is 2. The van der Waals surface area contributed by atoms with E-state index in [1.165, 1.54) is 75.7 Å². The van der Waals surface area contributed by atoms with Crippen molar-refractivity contribution >= 4 is 17.9 Å². The largest absolute Gasteiger partial charge is 0.416 e. The average molecular weight is 613 g/mol. The van der Waals surface area contributed by atoms with E-state index in [-0.39, 0.29) is 23.8 Å². The van der Waals surface area contributed by atoms with Gasteiger partial charge in [0.15, 0.2) is 0 Å². The molecule has 2 aromatic rings. The van der Waals surface area contributed by atoms with Crippen LogP contribution in [0.25, 0.3) is 6.08 Å². The highest BCUT2D eigenvalue weighted by Gasteiger charge is 2.30. The van der Waals surface area contributed by atoms with E-state index < -0.39 is 11.7 Å². The molecule has 1 atom stereocenters. The molecule has 5 nitrogen and oxygen atoms in total. The maximum Gasteiger partial charge on any atom is 0.416 e. The summed E-state index contributed by atoms with van der Waals surface area (Å²) in [6.07, 6.45) is 12.9. The zero-order valence-electron chi connectivity index (χ0n) is 26.1. The molecule has 2 amide bonds. The summed E-state index contributed by atoms with van der Waals surface area (Å²) in [7, 11) is 0. The van der Waals surface area contributed by atoms with Crippen molar-refractivity contribution in [3.63, 3.8) is 0 Å². The zero-order chi connectivity index (χ0) is 31.8. The van der Waals surface area contributed by atoms with Crippen molar-refractivity contribution in [3.05, 3.63) is 76.9 Å². The molecular weight excluding hydrogens is 563 g/mol. The van der Waals surface area contributed by atoms with Gasteiger partial charge in [0, 0.05) is 37.3 Å². The number of hydrogen-bond acceptors (Lipinski definition) is 2. The first kappa shape index (κ1) is 35.4. The Balaban J connectivity index is 1.32. The van der Waals surface area contributed by atoms with Crippen molar-refractivity contribution in [2.45, 2.75) is 103 Å². The standard InChI is InChI=1S/C36H49F3N3O2/c1-2-3-4-5-6-7-8-9-10-11-23-41-35(44)31-18-15-29(16-19-31)27-33(40)30-21-24-42(25-22-30)34(43)20-17-28-13-12-14-32(26-28)36(37,38)39/h12-20,26,30,33,40H,2-11,21-25,27H2,1H3,(H,41,44)/b20-17+. The SMILES string of the molecule is CCCCCCCCCCCCNC(=O)c1ccc(CC([NH])C2CCN(C(=O)/C=C/c3cccc(C(F)(F)F)c3)CC2)cc1. The molecule has 8 heteroatoms. The van der Waals surface area contributed by atoms with E-state index in [1.807, 2.05) is 24.3 Å². The van der Waals surface area contributed by atoms with Gasteiger partial charge in [-0.25, -0.2) is 0 Å². The highest BCUT2D eigenvalue weighted by atomic mass is 19.4. The number of unbranched alkanes of at least 4 members (excludes halogenated alkanes) is 9. The Hall–Kier alpha value is -3.13. The number of piperidine rings is 1. The lowest BCUT2D eigenvalue weighted by molar-refractivity contribution is -0.137. The summed E-state index contributed by atoms with van der Waals surface area (Å²) < 4.78 is 38.8. The van der Waals surface area contributed by atoms with Crippen molar-refractivity contribution in [1.82, 2.24) is 16.0 Å². The third-order valence-corrected chi connectivity index (χ3v) is 8.54. The molecule has 1 aliphatic heterocycles. The van der Waals surface area contributed by atoms with Gasteiger partial charge in [0.25, 0.3) is 5.91 Å². The molecule has 0 aromatic heterocycles. The highest BCUT2D eigenvalue weighted by Crippen LogP contribution is 2.30. The first-order valence-electron chi connectivity index (χ1n) is 16.4. The predicted octanol–water partition coefficient (Wildman–Crippen LogP) is 8.50. The second-order valence-corrected chi connectivity index (χ2v) is 12.1. The molecule has 0 bridgehead atoms. The van der Waals surface area contributed by atoms with Gasteiger partial charge in [-0.15, -0.1) is 0 Å².